The smallest absolute Gasteiger partial charge is 0.155 e. The number of hydrogen-bond acceptors (Lipinski definition) is 3. The van der Waals surface area contributed by atoms with Crippen molar-refractivity contribution < 1.29 is 13.2 Å². The van der Waals surface area contributed by atoms with E-state index in [9.17, 15) is 8.42 Å². The van der Waals surface area contributed by atoms with Gasteiger partial charge in [0.25, 0.3) is 0 Å². The molecule has 90 valence electrons. The van der Waals surface area contributed by atoms with Crippen LogP contribution in [-0.2, 0) is 9.84 Å². The SMILES string of the molecule is CC(C)S(=O)(=O)CCOc1cccc(I)c1. The van der Waals surface area contributed by atoms with Crippen LogP contribution >= 0.6 is 22.6 Å². The molecule has 1 aromatic carbocycles. The predicted octanol–water partition coefficient (Wildman–Crippen LogP) is 2.49. The average molecular weight is 354 g/mol. The molecule has 16 heavy (non-hydrogen) atoms. The van der Waals surface area contributed by atoms with E-state index in [0.717, 1.165) is 3.57 Å². The highest BCUT2D eigenvalue weighted by molar-refractivity contribution is 14.1. The number of ether oxygens (including phenoxy) is 1. The monoisotopic (exact) mass is 354 g/mol. The van der Waals surface area contributed by atoms with Crippen LogP contribution in [0.4, 0.5) is 0 Å². The van der Waals surface area contributed by atoms with Gasteiger partial charge in [0.1, 0.15) is 12.4 Å². The van der Waals surface area contributed by atoms with Gasteiger partial charge in [-0.2, -0.15) is 0 Å². The van der Waals surface area contributed by atoms with E-state index < -0.39 is 9.84 Å². The summed E-state index contributed by atoms with van der Waals surface area (Å²) in [6.07, 6.45) is 0. The molecule has 0 radical (unpaired) electrons. The minimum Gasteiger partial charge on any atom is -0.493 e. The van der Waals surface area contributed by atoms with Crippen LogP contribution in [0.5, 0.6) is 5.75 Å². The molecule has 0 fully saturated rings. The summed E-state index contributed by atoms with van der Waals surface area (Å²) in [5.41, 5.74) is 0. The van der Waals surface area contributed by atoms with Crippen molar-refractivity contribution in [2.45, 2.75) is 19.1 Å². The fourth-order valence-corrected chi connectivity index (χ4v) is 2.37. The van der Waals surface area contributed by atoms with Crippen LogP contribution in [0.2, 0.25) is 0 Å². The molecule has 0 aliphatic carbocycles. The van der Waals surface area contributed by atoms with Crippen molar-refractivity contribution in [1.29, 1.82) is 0 Å². The fraction of sp³-hybridized carbons (Fsp3) is 0.455. The predicted molar refractivity (Wildman–Crippen MR) is 73.6 cm³/mol. The molecule has 0 unspecified atom stereocenters. The Balaban J connectivity index is 2.48. The van der Waals surface area contributed by atoms with Gasteiger partial charge in [-0.05, 0) is 54.6 Å². The second kappa shape index (κ2) is 5.86. The first-order valence-electron chi connectivity index (χ1n) is 5.02. The maximum Gasteiger partial charge on any atom is 0.155 e. The van der Waals surface area contributed by atoms with Crippen molar-refractivity contribution in [3.05, 3.63) is 27.8 Å². The lowest BCUT2D eigenvalue weighted by atomic mass is 10.3. The highest BCUT2D eigenvalue weighted by Gasteiger charge is 2.15. The van der Waals surface area contributed by atoms with E-state index in [1.54, 1.807) is 13.8 Å². The van der Waals surface area contributed by atoms with Gasteiger partial charge in [-0.1, -0.05) is 6.07 Å². The van der Waals surface area contributed by atoms with Gasteiger partial charge >= 0.3 is 0 Å². The lowest BCUT2D eigenvalue weighted by Gasteiger charge is -2.09. The largest absolute Gasteiger partial charge is 0.493 e. The third-order valence-corrected chi connectivity index (χ3v) is 4.99. The lowest BCUT2D eigenvalue weighted by molar-refractivity contribution is 0.340. The molecule has 0 heterocycles. The first-order chi connectivity index (χ1) is 7.42. The first-order valence-corrected chi connectivity index (χ1v) is 7.81. The minimum absolute atomic E-state index is 0.0656. The Morgan fingerprint density at radius 1 is 1.38 bits per heavy atom. The second-order valence-electron chi connectivity index (χ2n) is 3.72. The summed E-state index contributed by atoms with van der Waals surface area (Å²) in [5, 5.41) is -0.341. The molecule has 0 aliphatic rings. The summed E-state index contributed by atoms with van der Waals surface area (Å²) >= 11 is 2.19. The molecule has 0 bridgehead atoms. The molecule has 0 spiro atoms. The maximum atomic E-state index is 11.5. The number of halogens is 1. The van der Waals surface area contributed by atoms with Gasteiger partial charge in [0, 0.05) is 3.57 Å². The van der Waals surface area contributed by atoms with Gasteiger partial charge < -0.3 is 4.74 Å². The van der Waals surface area contributed by atoms with Crippen LogP contribution in [0.1, 0.15) is 13.8 Å². The second-order valence-corrected chi connectivity index (χ2v) is 7.64. The third kappa shape index (κ3) is 4.29. The lowest BCUT2D eigenvalue weighted by Crippen LogP contribution is -2.22. The zero-order valence-electron chi connectivity index (χ0n) is 9.31. The van der Waals surface area contributed by atoms with Gasteiger partial charge in [0.05, 0.1) is 11.0 Å². The van der Waals surface area contributed by atoms with Crippen LogP contribution in [0.3, 0.4) is 0 Å². The first kappa shape index (κ1) is 13.8. The summed E-state index contributed by atoms with van der Waals surface area (Å²) in [6.45, 7) is 3.57. The van der Waals surface area contributed by atoms with Crippen molar-refractivity contribution in [2.75, 3.05) is 12.4 Å². The van der Waals surface area contributed by atoms with E-state index in [1.807, 2.05) is 24.3 Å². The van der Waals surface area contributed by atoms with Crippen LogP contribution < -0.4 is 4.74 Å². The Hall–Kier alpha value is -0.300. The summed E-state index contributed by atoms with van der Waals surface area (Å²) in [4.78, 5) is 0. The molecule has 0 saturated heterocycles. The van der Waals surface area contributed by atoms with Gasteiger partial charge in [-0.25, -0.2) is 8.42 Å². The van der Waals surface area contributed by atoms with Crippen LogP contribution in [0.25, 0.3) is 0 Å². The van der Waals surface area contributed by atoms with Crippen molar-refractivity contribution in [3.8, 4) is 5.75 Å². The number of rotatable bonds is 5. The summed E-state index contributed by atoms with van der Waals surface area (Å²) < 4.78 is 29.5. The van der Waals surface area contributed by atoms with Crippen molar-refractivity contribution in [3.63, 3.8) is 0 Å². The number of sulfone groups is 1. The van der Waals surface area contributed by atoms with Gasteiger partial charge in [-0.15, -0.1) is 0 Å². The van der Waals surface area contributed by atoms with E-state index in [1.165, 1.54) is 0 Å². The van der Waals surface area contributed by atoms with E-state index in [4.69, 9.17) is 4.74 Å². The highest BCUT2D eigenvalue weighted by atomic mass is 127. The molecule has 0 N–H and O–H groups in total. The zero-order valence-corrected chi connectivity index (χ0v) is 12.3. The average Bonchev–Trinajstić information content (AvgIpc) is 2.17. The van der Waals surface area contributed by atoms with Crippen molar-refractivity contribution >= 4 is 32.4 Å². The standard InChI is InChI=1S/C11H15IO3S/c1-9(2)16(13,14)7-6-15-11-5-3-4-10(12)8-11/h3-5,8-9H,6-7H2,1-2H3. The molecule has 0 amide bonds. The Labute approximate surface area is 110 Å². The Bertz CT molecular complexity index is 440. The topological polar surface area (TPSA) is 43.4 Å². The molecular weight excluding hydrogens is 339 g/mol. The fourth-order valence-electron chi connectivity index (χ4n) is 1.07. The summed E-state index contributed by atoms with van der Waals surface area (Å²) in [5.74, 6) is 0.779. The molecular formula is C11H15IO3S. The van der Waals surface area contributed by atoms with Crippen molar-refractivity contribution in [1.82, 2.24) is 0 Å². The molecule has 0 atom stereocenters. The Kier molecular flexibility index (Phi) is 5.04. The highest BCUT2D eigenvalue weighted by Crippen LogP contribution is 2.14. The van der Waals surface area contributed by atoms with Gasteiger partial charge in [0.15, 0.2) is 9.84 Å². The van der Waals surface area contributed by atoms with Crippen LogP contribution in [0.15, 0.2) is 24.3 Å². The zero-order chi connectivity index (χ0) is 12.2. The van der Waals surface area contributed by atoms with Crippen LogP contribution in [-0.4, -0.2) is 26.0 Å². The van der Waals surface area contributed by atoms with Crippen LogP contribution in [0, 0.1) is 3.57 Å². The quantitative estimate of drug-likeness (QED) is 0.764. The van der Waals surface area contributed by atoms with E-state index in [2.05, 4.69) is 22.6 Å². The van der Waals surface area contributed by atoms with Crippen molar-refractivity contribution in [2.24, 2.45) is 0 Å². The number of benzene rings is 1. The third-order valence-electron chi connectivity index (χ3n) is 2.15. The molecule has 0 aliphatic heterocycles. The molecule has 5 heteroatoms. The normalized spacial score (nSPS) is 11.8. The van der Waals surface area contributed by atoms with E-state index in [0.29, 0.717) is 5.75 Å². The molecule has 0 aromatic heterocycles. The number of hydrogen-bond donors (Lipinski definition) is 0. The summed E-state index contributed by atoms with van der Waals surface area (Å²) in [6, 6.07) is 7.54. The minimum atomic E-state index is -3.01. The van der Waals surface area contributed by atoms with Gasteiger partial charge in [-0.3, -0.25) is 0 Å². The molecule has 3 nitrogen and oxygen atoms in total. The maximum absolute atomic E-state index is 11.5. The Morgan fingerprint density at radius 2 is 2.06 bits per heavy atom. The van der Waals surface area contributed by atoms with E-state index in [-0.39, 0.29) is 17.6 Å². The molecule has 0 saturated carbocycles. The van der Waals surface area contributed by atoms with E-state index >= 15 is 0 Å². The Morgan fingerprint density at radius 3 is 2.62 bits per heavy atom. The summed E-state index contributed by atoms with van der Waals surface area (Å²) in [7, 11) is -3.01. The van der Waals surface area contributed by atoms with Gasteiger partial charge in [0.2, 0.25) is 0 Å². The molecule has 1 rings (SSSR count). The molecule has 1 aromatic rings.